The van der Waals surface area contributed by atoms with Gasteiger partial charge in [0.2, 0.25) is 5.91 Å². The van der Waals surface area contributed by atoms with Gasteiger partial charge in [0.05, 0.1) is 29.4 Å². The average molecular weight is 311 g/mol. The van der Waals surface area contributed by atoms with Crippen molar-refractivity contribution >= 4 is 17.2 Å². The fourth-order valence-electron chi connectivity index (χ4n) is 2.60. The zero-order chi connectivity index (χ0) is 15.4. The van der Waals surface area contributed by atoms with Gasteiger partial charge in [-0.05, 0) is 33.6 Å². The van der Waals surface area contributed by atoms with E-state index >= 15 is 0 Å². The van der Waals surface area contributed by atoms with Crippen molar-refractivity contribution in [2.75, 3.05) is 26.7 Å². The Kier molecular flexibility index (Phi) is 5.72. The number of carbonyl (C=O) groups is 1. The Morgan fingerprint density at radius 3 is 2.90 bits per heavy atom. The SMILES string of the molecule is Cc1nc(C)c([C@H](C)N(C)C(=O)CNC[C@@H]2CCCO2)s1. The first kappa shape index (κ1) is 16.4. The highest BCUT2D eigenvalue weighted by atomic mass is 32.1. The van der Waals surface area contributed by atoms with Gasteiger partial charge in [-0.25, -0.2) is 4.98 Å². The van der Waals surface area contributed by atoms with Crippen molar-refractivity contribution in [2.24, 2.45) is 0 Å². The minimum atomic E-state index is 0.0632. The van der Waals surface area contributed by atoms with E-state index in [2.05, 4.69) is 17.2 Å². The molecule has 0 unspecified atom stereocenters. The van der Waals surface area contributed by atoms with Crippen molar-refractivity contribution < 1.29 is 9.53 Å². The van der Waals surface area contributed by atoms with Gasteiger partial charge in [-0.1, -0.05) is 0 Å². The van der Waals surface area contributed by atoms with E-state index in [0.29, 0.717) is 6.54 Å². The van der Waals surface area contributed by atoms with E-state index in [1.807, 2.05) is 20.9 Å². The third kappa shape index (κ3) is 4.25. The Morgan fingerprint density at radius 1 is 1.57 bits per heavy atom. The van der Waals surface area contributed by atoms with Gasteiger partial charge in [0.1, 0.15) is 0 Å². The van der Waals surface area contributed by atoms with Crippen LogP contribution >= 0.6 is 11.3 Å². The number of aryl methyl sites for hydroxylation is 2. The molecular weight excluding hydrogens is 286 g/mol. The third-order valence-corrected chi connectivity index (χ3v) is 5.21. The number of thiazole rings is 1. The molecule has 1 aliphatic heterocycles. The van der Waals surface area contributed by atoms with Gasteiger partial charge >= 0.3 is 0 Å². The zero-order valence-corrected chi connectivity index (χ0v) is 14.1. The summed E-state index contributed by atoms with van der Waals surface area (Å²) >= 11 is 1.67. The predicted octanol–water partition coefficient (Wildman–Crippen LogP) is 2.05. The van der Waals surface area contributed by atoms with Gasteiger partial charge in [-0.15, -0.1) is 11.3 Å². The third-order valence-electron chi connectivity index (χ3n) is 3.97. The first-order chi connectivity index (χ1) is 9.99. The summed E-state index contributed by atoms with van der Waals surface area (Å²) in [7, 11) is 1.86. The van der Waals surface area contributed by atoms with E-state index in [1.54, 1.807) is 16.2 Å². The van der Waals surface area contributed by atoms with Crippen molar-refractivity contribution in [3.63, 3.8) is 0 Å². The molecule has 1 aliphatic rings. The molecule has 6 heteroatoms. The molecule has 21 heavy (non-hydrogen) atoms. The smallest absolute Gasteiger partial charge is 0.236 e. The number of ether oxygens (including phenoxy) is 1. The van der Waals surface area contributed by atoms with Crippen LogP contribution in [-0.4, -0.2) is 48.6 Å². The standard InChI is InChI=1S/C15H25N3O2S/c1-10-15(21-12(3)17-10)11(2)18(4)14(19)9-16-8-13-6-5-7-20-13/h11,13,16H,5-9H2,1-4H3/t11-,13-/m0/s1. The van der Waals surface area contributed by atoms with Crippen molar-refractivity contribution in [3.8, 4) is 0 Å². The lowest BCUT2D eigenvalue weighted by Crippen LogP contribution is -2.39. The average Bonchev–Trinajstić information content (AvgIpc) is 3.06. The predicted molar refractivity (Wildman–Crippen MR) is 84.6 cm³/mol. The van der Waals surface area contributed by atoms with Gasteiger partial charge in [0.25, 0.3) is 0 Å². The maximum absolute atomic E-state index is 12.3. The monoisotopic (exact) mass is 311 g/mol. The number of nitrogens with one attached hydrogen (secondary N) is 1. The molecule has 0 aromatic carbocycles. The molecule has 0 aliphatic carbocycles. The van der Waals surface area contributed by atoms with Gasteiger partial charge in [-0.2, -0.15) is 0 Å². The Labute approximate surface area is 130 Å². The van der Waals surface area contributed by atoms with Crippen LogP contribution in [0.3, 0.4) is 0 Å². The number of rotatable bonds is 6. The summed E-state index contributed by atoms with van der Waals surface area (Å²) in [5, 5.41) is 4.25. The summed E-state index contributed by atoms with van der Waals surface area (Å²) in [5.74, 6) is 0.103. The molecule has 0 radical (unpaired) electrons. The molecule has 0 saturated carbocycles. The van der Waals surface area contributed by atoms with Crippen molar-refractivity contribution in [1.82, 2.24) is 15.2 Å². The molecule has 1 aromatic rings. The first-order valence-corrected chi connectivity index (χ1v) is 8.32. The van der Waals surface area contributed by atoms with Crippen LogP contribution in [0.2, 0.25) is 0 Å². The van der Waals surface area contributed by atoms with Gasteiger partial charge in [0, 0.05) is 25.1 Å². The Bertz CT molecular complexity index is 483. The van der Waals surface area contributed by atoms with Gasteiger partial charge < -0.3 is 15.0 Å². The zero-order valence-electron chi connectivity index (χ0n) is 13.3. The van der Waals surface area contributed by atoms with E-state index in [0.717, 1.165) is 36.7 Å². The Hall–Kier alpha value is -0.980. The Morgan fingerprint density at radius 2 is 2.33 bits per heavy atom. The fourth-order valence-corrected chi connectivity index (χ4v) is 3.62. The quantitative estimate of drug-likeness (QED) is 0.873. The molecule has 2 heterocycles. The normalized spacial score (nSPS) is 19.7. The highest BCUT2D eigenvalue weighted by molar-refractivity contribution is 7.11. The highest BCUT2D eigenvalue weighted by Gasteiger charge is 2.22. The van der Waals surface area contributed by atoms with Crippen LogP contribution in [0.5, 0.6) is 0 Å². The molecule has 2 atom stereocenters. The lowest BCUT2D eigenvalue weighted by atomic mass is 10.2. The maximum Gasteiger partial charge on any atom is 0.236 e. The molecule has 2 rings (SSSR count). The minimum Gasteiger partial charge on any atom is -0.377 e. The van der Waals surface area contributed by atoms with Crippen LogP contribution in [0.15, 0.2) is 0 Å². The topological polar surface area (TPSA) is 54.5 Å². The van der Waals surface area contributed by atoms with Crippen LogP contribution < -0.4 is 5.32 Å². The van der Waals surface area contributed by atoms with Crippen LogP contribution in [0, 0.1) is 13.8 Å². The van der Waals surface area contributed by atoms with Crippen molar-refractivity contribution in [2.45, 2.75) is 45.8 Å². The van der Waals surface area contributed by atoms with E-state index in [4.69, 9.17) is 4.74 Å². The molecule has 0 bridgehead atoms. The number of amides is 1. The first-order valence-electron chi connectivity index (χ1n) is 7.51. The second-order valence-electron chi connectivity index (χ2n) is 5.63. The molecule has 1 saturated heterocycles. The van der Waals surface area contributed by atoms with E-state index in [9.17, 15) is 4.79 Å². The number of likely N-dealkylation sites (N-methyl/N-ethyl adjacent to an activating group) is 1. The lowest BCUT2D eigenvalue weighted by Gasteiger charge is -2.25. The molecular formula is C15H25N3O2S. The highest BCUT2D eigenvalue weighted by Crippen LogP contribution is 2.28. The second kappa shape index (κ2) is 7.33. The number of hydrogen-bond donors (Lipinski definition) is 1. The summed E-state index contributed by atoms with van der Waals surface area (Å²) in [6.07, 6.45) is 2.49. The molecule has 5 nitrogen and oxygen atoms in total. The number of carbonyl (C=O) groups excluding carboxylic acids is 1. The Balaban J connectivity index is 1.82. The summed E-state index contributed by atoms with van der Waals surface area (Å²) in [6.45, 7) is 8.02. The summed E-state index contributed by atoms with van der Waals surface area (Å²) in [6, 6.07) is 0.0632. The minimum absolute atomic E-state index is 0.0632. The van der Waals surface area contributed by atoms with E-state index in [1.165, 1.54) is 4.88 Å². The largest absolute Gasteiger partial charge is 0.377 e. The molecule has 1 N–H and O–H groups in total. The number of hydrogen-bond acceptors (Lipinski definition) is 5. The van der Waals surface area contributed by atoms with Crippen LogP contribution in [0.4, 0.5) is 0 Å². The molecule has 0 spiro atoms. The van der Waals surface area contributed by atoms with Crippen LogP contribution in [0.1, 0.15) is 41.4 Å². The lowest BCUT2D eigenvalue weighted by molar-refractivity contribution is -0.130. The number of nitrogens with zero attached hydrogens (tertiary/aromatic N) is 2. The maximum atomic E-state index is 12.3. The summed E-state index contributed by atoms with van der Waals surface area (Å²) < 4.78 is 5.54. The van der Waals surface area contributed by atoms with Crippen molar-refractivity contribution in [3.05, 3.63) is 15.6 Å². The summed E-state index contributed by atoms with van der Waals surface area (Å²) in [5.41, 5.74) is 1.02. The van der Waals surface area contributed by atoms with E-state index in [-0.39, 0.29) is 18.1 Å². The van der Waals surface area contributed by atoms with Gasteiger partial charge in [-0.3, -0.25) is 4.79 Å². The van der Waals surface area contributed by atoms with Gasteiger partial charge in [0.15, 0.2) is 0 Å². The number of aromatic nitrogens is 1. The van der Waals surface area contributed by atoms with E-state index < -0.39 is 0 Å². The van der Waals surface area contributed by atoms with Crippen LogP contribution in [-0.2, 0) is 9.53 Å². The second-order valence-corrected chi connectivity index (χ2v) is 6.86. The molecule has 118 valence electrons. The van der Waals surface area contributed by atoms with Crippen LogP contribution in [0.25, 0.3) is 0 Å². The van der Waals surface area contributed by atoms with Crippen molar-refractivity contribution in [1.29, 1.82) is 0 Å². The molecule has 1 aromatic heterocycles. The molecule has 1 amide bonds. The summed E-state index contributed by atoms with van der Waals surface area (Å²) in [4.78, 5) is 19.7. The molecule has 1 fully saturated rings. The fraction of sp³-hybridized carbons (Fsp3) is 0.733.